The van der Waals surface area contributed by atoms with Gasteiger partial charge in [-0.15, -0.1) is 10.2 Å². The lowest BCUT2D eigenvalue weighted by molar-refractivity contribution is -0.157. The van der Waals surface area contributed by atoms with Gasteiger partial charge in [-0.1, -0.05) is 11.6 Å². The van der Waals surface area contributed by atoms with Crippen LogP contribution in [0.5, 0.6) is 0 Å². The summed E-state index contributed by atoms with van der Waals surface area (Å²) in [5.41, 5.74) is 5.13. The molecule has 3 rings (SSSR count). The minimum Gasteiger partial charge on any atom is -0.451 e. The molecule has 2 aliphatic rings. The molecule has 2 heterocycles. The second-order valence-corrected chi connectivity index (χ2v) is 6.83. The first kappa shape index (κ1) is 14.2. The Labute approximate surface area is 150 Å². The van der Waals surface area contributed by atoms with Gasteiger partial charge in [0.15, 0.2) is 11.9 Å². The second-order valence-electron chi connectivity index (χ2n) is 6.83. The molecule has 0 bridgehead atoms. The molecule has 2 fully saturated rings. The number of rotatable bonds is 6. The van der Waals surface area contributed by atoms with Crippen LogP contribution >= 0.6 is 0 Å². The summed E-state index contributed by atoms with van der Waals surface area (Å²) >= 11 is 0. The van der Waals surface area contributed by atoms with Crippen LogP contribution in [0.1, 0.15) is 49.0 Å². The molecule has 1 aromatic rings. The molecule has 25 heavy (non-hydrogen) atoms. The highest BCUT2D eigenvalue weighted by atomic mass is 16.5. The average Bonchev–Trinajstić information content (AvgIpc) is 3.16. The second kappa shape index (κ2) is 7.90. The first-order chi connectivity index (χ1) is 13.1. The summed E-state index contributed by atoms with van der Waals surface area (Å²) < 4.78 is 30.0. The van der Waals surface area contributed by atoms with E-state index in [1.54, 1.807) is 0 Å². The predicted octanol–water partition coefficient (Wildman–Crippen LogP) is -0.0563. The number of nitrogens with one attached hydrogen (secondary N) is 2. The predicted molar refractivity (Wildman–Crippen MR) is 88.0 cm³/mol. The fourth-order valence-electron chi connectivity index (χ4n) is 3.63. The molecule has 0 aromatic carbocycles. The van der Waals surface area contributed by atoms with Crippen molar-refractivity contribution in [3.8, 4) is 0 Å². The summed E-state index contributed by atoms with van der Waals surface area (Å²) in [6.45, 7) is 1.89. The Morgan fingerprint density at radius 1 is 1.44 bits per heavy atom. The van der Waals surface area contributed by atoms with Crippen molar-refractivity contribution < 1.29 is 18.4 Å². The molecule has 0 radical (unpaired) electrons. The molecule has 5 atom stereocenters. The van der Waals surface area contributed by atoms with E-state index in [0.29, 0.717) is 18.9 Å². The summed E-state index contributed by atoms with van der Waals surface area (Å²) in [5, 5.41) is 16.2. The fourth-order valence-corrected chi connectivity index (χ4v) is 3.63. The minimum absolute atomic E-state index is 0.0405. The quantitative estimate of drug-likeness (QED) is 0.610. The number of tetrazole rings is 1. The molecule has 1 amide bonds. The Bertz CT molecular complexity index is 718. The normalized spacial score (nSPS) is 35.6. The third-order valence-corrected chi connectivity index (χ3v) is 5.12. The van der Waals surface area contributed by atoms with Crippen LogP contribution in [0, 0.1) is 17.8 Å². The molecule has 9 nitrogen and oxygen atoms in total. The number of carbonyl (C=O) groups is 2. The van der Waals surface area contributed by atoms with E-state index in [1.165, 1.54) is 6.92 Å². The van der Waals surface area contributed by atoms with Gasteiger partial charge in [-0.3, -0.25) is 9.59 Å². The lowest BCUT2D eigenvalue weighted by Crippen LogP contribution is -2.51. The Morgan fingerprint density at radius 3 is 3.00 bits per heavy atom. The highest BCUT2D eigenvalue weighted by molar-refractivity contribution is 5.83. The molecular formula is C16H26N6O3. The molecule has 1 saturated heterocycles. The number of aryl methyl sites for hydroxylation is 1. The minimum atomic E-state index is -1.69. The van der Waals surface area contributed by atoms with E-state index in [9.17, 15) is 9.59 Å². The average molecular weight is 353 g/mol. The van der Waals surface area contributed by atoms with E-state index in [1.807, 2.05) is 0 Å². The van der Waals surface area contributed by atoms with Gasteiger partial charge in [-0.25, -0.2) is 0 Å². The van der Waals surface area contributed by atoms with E-state index >= 15 is 0 Å². The monoisotopic (exact) mass is 353 g/mol. The Hall–Kier alpha value is -2.03. The molecule has 1 aliphatic heterocycles. The third-order valence-electron chi connectivity index (χ3n) is 5.12. The van der Waals surface area contributed by atoms with Crippen LogP contribution in [-0.4, -0.2) is 51.2 Å². The maximum absolute atomic E-state index is 12.4. The van der Waals surface area contributed by atoms with Crippen molar-refractivity contribution in [3.63, 3.8) is 0 Å². The van der Waals surface area contributed by atoms with Crippen molar-refractivity contribution in [2.24, 2.45) is 23.5 Å². The molecule has 138 valence electrons. The van der Waals surface area contributed by atoms with Gasteiger partial charge in [0, 0.05) is 9.11 Å². The van der Waals surface area contributed by atoms with Gasteiger partial charge < -0.3 is 15.8 Å². The number of nitrogens with two attached hydrogens (primary N) is 1. The summed E-state index contributed by atoms with van der Waals surface area (Å²) in [7, 11) is 0. The first-order valence-corrected chi connectivity index (χ1v) is 8.60. The first-order valence-electron chi connectivity index (χ1n) is 10.1. The summed E-state index contributed by atoms with van der Waals surface area (Å²) in [5.74, 6) is -1.01. The lowest BCUT2D eigenvalue weighted by atomic mass is 9.69. The van der Waals surface area contributed by atoms with Gasteiger partial charge in [0.2, 0.25) is 0 Å². The number of amides is 1. The zero-order chi connectivity index (χ0) is 20.5. The number of aromatic amines is 1. The maximum Gasteiger partial charge on any atom is 0.323 e. The van der Waals surface area contributed by atoms with Gasteiger partial charge >= 0.3 is 5.97 Å². The Balaban J connectivity index is 1.63. The van der Waals surface area contributed by atoms with Crippen LogP contribution in [0.25, 0.3) is 0 Å². The Kier molecular flexibility index (Phi) is 4.48. The van der Waals surface area contributed by atoms with E-state index in [-0.39, 0.29) is 30.5 Å². The molecule has 9 heteroatoms. The number of ether oxygens (including phenoxy) is 1. The van der Waals surface area contributed by atoms with E-state index in [2.05, 4.69) is 25.9 Å². The largest absolute Gasteiger partial charge is 0.451 e. The van der Waals surface area contributed by atoms with E-state index in [4.69, 9.17) is 14.6 Å². The standard InChI is InChI=1S/C16H26N6O3/c1-9(15(17)23)25-16(24)13-7-12-6-10(2-4-11(12)8-18-13)3-5-14-19-21-22-20-14/h9-13,18H,2-8H2,1H3,(H2,17,23)(H,19,20,21,22)/t9-,10-,11+,12-,13+/m1/s1/i5D2,13D. The van der Waals surface area contributed by atoms with Crippen molar-refractivity contribution in [3.05, 3.63) is 5.82 Å². The number of piperidine rings is 1. The summed E-state index contributed by atoms with van der Waals surface area (Å²) in [4.78, 5) is 23.5. The smallest absolute Gasteiger partial charge is 0.323 e. The molecule has 0 unspecified atom stereocenters. The van der Waals surface area contributed by atoms with Crippen LogP contribution in [0.2, 0.25) is 0 Å². The summed E-state index contributed by atoms with van der Waals surface area (Å²) in [6.07, 6.45) is 0.215. The fraction of sp³-hybridized carbons (Fsp3) is 0.812. The van der Waals surface area contributed by atoms with Crippen LogP contribution in [0.3, 0.4) is 0 Å². The number of carbonyl (C=O) groups excluding carboxylic acids is 2. The molecule has 1 aromatic heterocycles. The van der Waals surface area contributed by atoms with Gasteiger partial charge in [0.05, 0.1) is 1.37 Å². The molecular weight excluding hydrogens is 324 g/mol. The number of hydrogen-bond donors (Lipinski definition) is 3. The number of esters is 1. The van der Waals surface area contributed by atoms with Crippen LogP contribution < -0.4 is 11.1 Å². The van der Waals surface area contributed by atoms with E-state index in [0.717, 1.165) is 12.8 Å². The zero-order valence-corrected chi connectivity index (χ0v) is 14.2. The van der Waals surface area contributed by atoms with Crippen molar-refractivity contribution in [1.82, 2.24) is 25.9 Å². The highest BCUT2D eigenvalue weighted by Gasteiger charge is 2.38. The molecule has 1 saturated carbocycles. The van der Waals surface area contributed by atoms with Gasteiger partial charge in [-0.05, 0) is 56.9 Å². The number of hydrogen-bond acceptors (Lipinski definition) is 7. The van der Waals surface area contributed by atoms with Crippen LogP contribution in [0.15, 0.2) is 0 Å². The van der Waals surface area contributed by atoms with E-state index < -0.39 is 30.4 Å². The summed E-state index contributed by atoms with van der Waals surface area (Å²) in [6, 6.07) is -1.63. The number of H-pyrrole nitrogens is 1. The molecule has 0 spiro atoms. The van der Waals surface area contributed by atoms with Crippen molar-refractivity contribution in [2.75, 3.05) is 6.54 Å². The number of fused-ring (bicyclic) bond motifs is 1. The van der Waals surface area contributed by atoms with Gasteiger partial charge in [0.25, 0.3) is 5.91 Å². The van der Waals surface area contributed by atoms with Crippen molar-refractivity contribution in [2.45, 2.75) is 57.5 Å². The Morgan fingerprint density at radius 2 is 2.28 bits per heavy atom. The SMILES string of the molecule is [2H]C([2H])(C[C@H]1CC[C@H]2CN[C@]([2H])(C(=O)O[C@H](C)C(N)=O)C[C@H]2C1)c1nn[nH]n1. The maximum atomic E-state index is 12.4. The number of aromatic nitrogens is 4. The topological polar surface area (TPSA) is 136 Å². The molecule has 4 N–H and O–H groups in total. The number of primary amides is 1. The third kappa shape index (κ3) is 4.53. The van der Waals surface area contributed by atoms with Crippen molar-refractivity contribution >= 4 is 11.9 Å². The zero-order valence-electron chi connectivity index (χ0n) is 17.2. The van der Waals surface area contributed by atoms with Crippen molar-refractivity contribution in [1.29, 1.82) is 0 Å². The van der Waals surface area contributed by atoms with Gasteiger partial charge in [0.1, 0.15) is 6.02 Å². The molecule has 1 aliphatic carbocycles. The number of nitrogens with zero attached hydrogens (tertiary/aromatic N) is 3. The van der Waals surface area contributed by atoms with Gasteiger partial charge in [-0.2, -0.15) is 5.21 Å². The van der Waals surface area contributed by atoms with Crippen LogP contribution in [0.4, 0.5) is 0 Å². The highest BCUT2D eigenvalue weighted by Crippen LogP contribution is 2.40. The van der Waals surface area contributed by atoms with Crippen LogP contribution in [-0.2, 0) is 20.7 Å². The lowest BCUT2D eigenvalue weighted by Gasteiger charge is -2.42.